The predicted molar refractivity (Wildman–Crippen MR) is 143 cm³/mol. The Labute approximate surface area is 219 Å². The summed E-state index contributed by atoms with van der Waals surface area (Å²) < 4.78 is 19.8. The maximum absolute atomic E-state index is 14.1. The summed E-state index contributed by atoms with van der Waals surface area (Å²) in [6.07, 6.45) is 0.635. The molecule has 2 heterocycles. The first kappa shape index (κ1) is 25.0. The van der Waals surface area contributed by atoms with Crippen LogP contribution in [-0.4, -0.2) is 42.2 Å². The monoisotopic (exact) mass is 511 g/mol. The number of anilines is 3. The van der Waals surface area contributed by atoms with Crippen LogP contribution in [0.25, 0.3) is 0 Å². The van der Waals surface area contributed by atoms with Crippen molar-refractivity contribution in [3.8, 4) is 5.75 Å². The van der Waals surface area contributed by atoms with E-state index >= 15 is 0 Å². The maximum Gasteiger partial charge on any atom is 0.356 e. The molecule has 0 aliphatic carbocycles. The van der Waals surface area contributed by atoms with Crippen molar-refractivity contribution < 1.29 is 23.8 Å². The molecule has 0 radical (unpaired) electrons. The van der Waals surface area contributed by atoms with E-state index in [2.05, 4.69) is 4.98 Å². The van der Waals surface area contributed by atoms with Crippen molar-refractivity contribution in [1.82, 2.24) is 4.98 Å². The van der Waals surface area contributed by atoms with Gasteiger partial charge in [0.1, 0.15) is 17.4 Å². The maximum atomic E-state index is 14.1. The molecule has 0 saturated carbocycles. The van der Waals surface area contributed by atoms with E-state index < -0.39 is 17.7 Å². The number of benzene rings is 3. The van der Waals surface area contributed by atoms with Gasteiger partial charge in [-0.15, -0.1) is 0 Å². The SMILES string of the molecule is CN(C(=O)C(c1ccccc1)c1ccccc1)c1ccc(N2CCCOc3ccc(F)cc32)nc1C(=O)O. The van der Waals surface area contributed by atoms with Crippen LogP contribution in [0.1, 0.15) is 34.0 Å². The quantitative estimate of drug-likeness (QED) is 0.361. The fourth-order valence-electron chi connectivity index (χ4n) is 4.69. The van der Waals surface area contributed by atoms with Gasteiger partial charge in [-0.3, -0.25) is 4.79 Å². The summed E-state index contributed by atoms with van der Waals surface area (Å²) in [5.74, 6) is -1.83. The Bertz CT molecular complexity index is 1420. The molecule has 192 valence electrons. The number of carbonyl (C=O) groups excluding carboxylic acids is 1. The van der Waals surface area contributed by atoms with E-state index in [0.29, 0.717) is 36.8 Å². The van der Waals surface area contributed by atoms with Crippen molar-refractivity contribution >= 4 is 29.1 Å². The third kappa shape index (κ3) is 4.93. The zero-order chi connectivity index (χ0) is 26.6. The van der Waals surface area contributed by atoms with Crippen LogP contribution in [0.15, 0.2) is 91.0 Å². The van der Waals surface area contributed by atoms with Crippen molar-refractivity contribution in [1.29, 1.82) is 0 Å². The van der Waals surface area contributed by atoms with Crippen LogP contribution < -0.4 is 14.5 Å². The smallest absolute Gasteiger partial charge is 0.356 e. The van der Waals surface area contributed by atoms with Crippen LogP contribution in [0.2, 0.25) is 0 Å². The van der Waals surface area contributed by atoms with Crippen LogP contribution in [0.3, 0.4) is 0 Å². The lowest BCUT2D eigenvalue weighted by atomic mass is 9.90. The van der Waals surface area contributed by atoms with Crippen molar-refractivity contribution in [2.45, 2.75) is 12.3 Å². The van der Waals surface area contributed by atoms with Crippen molar-refractivity contribution in [2.24, 2.45) is 0 Å². The summed E-state index contributed by atoms with van der Waals surface area (Å²) in [5.41, 5.74) is 1.94. The topological polar surface area (TPSA) is 83.0 Å². The average molecular weight is 512 g/mol. The second-order valence-corrected chi connectivity index (χ2v) is 8.96. The molecule has 0 spiro atoms. The summed E-state index contributed by atoms with van der Waals surface area (Å²) in [4.78, 5) is 33.7. The van der Waals surface area contributed by atoms with E-state index in [4.69, 9.17) is 4.74 Å². The average Bonchev–Trinajstić information content (AvgIpc) is 3.15. The van der Waals surface area contributed by atoms with Gasteiger partial charge in [-0.1, -0.05) is 60.7 Å². The lowest BCUT2D eigenvalue weighted by Crippen LogP contribution is -2.34. The highest BCUT2D eigenvalue weighted by atomic mass is 19.1. The van der Waals surface area contributed by atoms with Gasteiger partial charge in [0.05, 0.1) is 23.9 Å². The number of rotatable bonds is 6. The third-order valence-electron chi connectivity index (χ3n) is 6.54. The first-order valence-electron chi connectivity index (χ1n) is 12.3. The largest absolute Gasteiger partial charge is 0.491 e. The normalized spacial score (nSPS) is 12.9. The predicted octanol–water partition coefficient (Wildman–Crippen LogP) is 5.63. The molecule has 4 aromatic rings. The van der Waals surface area contributed by atoms with Gasteiger partial charge in [-0.05, 0) is 41.8 Å². The molecule has 1 aliphatic rings. The molecule has 0 saturated heterocycles. The molecule has 0 fully saturated rings. The number of ether oxygens (including phenoxy) is 1. The molecule has 0 unspecified atom stereocenters. The molecule has 0 atom stereocenters. The van der Waals surface area contributed by atoms with Crippen molar-refractivity contribution in [2.75, 3.05) is 30.0 Å². The second kappa shape index (κ2) is 10.7. The number of amides is 1. The van der Waals surface area contributed by atoms with E-state index in [1.54, 1.807) is 30.1 Å². The number of hydrogen-bond donors (Lipinski definition) is 1. The molecule has 1 amide bonds. The second-order valence-electron chi connectivity index (χ2n) is 8.96. The summed E-state index contributed by atoms with van der Waals surface area (Å²) in [6.45, 7) is 0.900. The molecule has 5 rings (SSSR count). The van der Waals surface area contributed by atoms with Crippen LogP contribution in [0.5, 0.6) is 5.75 Å². The summed E-state index contributed by atoms with van der Waals surface area (Å²) in [7, 11) is 1.55. The number of hydrogen-bond acceptors (Lipinski definition) is 5. The Morgan fingerprint density at radius 3 is 2.26 bits per heavy atom. The molecule has 38 heavy (non-hydrogen) atoms. The van der Waals surface area contributed by atoms with Crippen molar-refractivity contribution in [3.05, 3.63) is 114 Å². The highest BCUT2D eigenvalue weighted by Gasteiger charge is 2.30. The number of likely N-dealkylation sites (N-methyl/N-ethyl adjacent to an activating group) is 1. The molecule has 3 aromatic carbocycles. The zero-order valence-corrected chi connectivity index (χ0v) is 20.8. The Kier molecular flexibility index (Phi) is 7.04. The summed E-state index contributed by atoms with van der Waals surface area (Å²) >= 11 is 0. The van der Waals surface area contributed by atoms with Crippen LogP contribution in [-0.2, 0) is 4.79 Å². The standard InChI is InChI=1S/C30H26FN3O4/c1-33(29(35)27(20-9-4-2-5-10-20)21-11-6-3-7-12-21)23-14-16-26(32-28(23)30(36)37)34-17-8-18-38-25-15-13-22(31)19-24(25)34/h2-7,9-16,19,27H,8,17-18H2,1H3,(H,36,37). The Hall–Kier alpha value is -4.72. The first-order chi connectivity index (χ1) is 18.4. The molecular formula is C30H26FN3O4. The summed E-state index contributed by atoms with van der Waals surface area (Å²) in [6, 6.07) is 26.1. The zero-order valence-electron chi connectivity index (χ0n) is 20.8. The van der Waals surface area contributed by atoms with Gasteiger partial charge in [0.25, 0.3) is 0 Å². The highest BCUT2D eigenvalue weighted by Crippen LogP contribution is 2.37. The van der Waals surface area contributed by atoms with Gasteiger partial charge in [0, 0.05) is 19.7 Å². The van der Waals surface area contributed by atoms with E-state index in [1.165, 1.54) is 17.0 Å². The molecule has 1 aliphatic heterocycles. The van der Waals surface area contributed by atoms with Gasteiger partial charge in [-0.2, -0.15) is 0 Å². The first-order valence-corrected chi connectivity index (χ1v) is 12.3. The Morgan fingerprint density at radius 1 is 0.974 bits per heavy atom. The number of aromatic carboxylic acids is 1. The fourth-order valence-corrected chi connectivity index (χ4v) is 4.69. The van der Waals surface area contributed by atoms with Gasteiger partial charge < -0.3 is 19.6 Å². The number of pyridine rings is 1. The number of fused-ring (bicyclic) bond motifs is 1. The van der Waals surface area contributed by atoms with Crippen LogP contribution in [0, 0.1) is 5.82 Å². The minimum absolute atomic E-state index is 0.161. The minimum atomic E-state index is -1.27. The third-order valence-corrected chi connectivity index (χ3v) is 6.54. The van der Waals surface area contributed by atoms with E-state index in [0.717, 1.165) is 11.1 Å². The lowest BCUT2D eigenvalue weighted by molar-refractivity contribution is -0.118. The lowest BCUT2D eigenvalue weighted by Gasteiger charge is -2.27. The van der Waals surface area contributed by atoms with Gasteiger partial charge >= 0.3 is 5.97 Å². The number of aromatic nitrogens is 1. The van der Waals surface area contributed by atoms with E-state index in [-0.39, 0.29) is 17.3 Å². The van der Waals surface area contributed by atoms with Gasteiger partial charge in [0.2, 0.25) is 5.91 Å². The molecule has 1 aromatic heterocycles. The fraction of sp³-hybridized carbons (Fsp3) is 0.167. The van der Waals surface area contributed by atoms with E-state index in [9.17, 15) is 19.1 Å². The van der Waals surface area contributed by atoms with Gasteiger partial charge in [-0.25, -0.2) is 14.2 Å². The number of nitrogens with zero attached hydrogens (tertiary/aromatic N) is 3. The minimum Gasteiger partial charge on any atom is -0.491 e. The molecule has 1 N–H and O–H groups in total. The van der Waals surface area contributed by atoms with Gasteiger partial charge in [0.15, 0.2) is 5.69 Å². The molecule has 8 heteroatoms. The van der Waals surface area contributed by atoms with Crippen molar-refractivity contribution in [3.63, 3.8) is 0 Å². The summed E-state index contributed by atoms with van der Waals surface area (Å²) in [5, 5.41) is 10.1. The molecular weight excluding hydrogens is 485 g/mol. The molecule has 0 bridgehead atoms. The Balaban J connectivity index is 1.54. The molecule has 7 nitrogen and oxygen atoms in total. The number of halogens is 1. The highest BCUT2D eigenvalue weighted by molar-refractivity contribution is 6.04. The van der Waals surface area contributed by atoms with Crippen LogP contribution >= 0.6 is 0 Å². The van der Waals surface area contributed by atoms with Crippen LogP contribution in [0.4, 0.5) is 21.6 Å². The number of carboxylic acids is 1. The number of carbonyl (C=O) groups is 2. The number of carboxylic acid groups (broad SMARTS) is 1. The van der Waals surface area contributed by atoms with E-state index in [1.807, 2.05) is 60.7 Å². The Morgan fingerprint density at radius 2 is 1.63 bits per heavy atom.